The van der Waals surface area contributed by atoms with E-state index in [-0.39, 0.29) is 0 Å². The van der Waals surface area contributed by atoms with Gasteiger partial charge in [-0.2, -0.15) is 5.10 Å². The molecule has 0 atom stereocenters. The smallest absolute Gasteiger partial charge is 0.123 e. The Balaban J connectivity index is 1.82. The lowest BCUT2D eigenvalue weighted by Crippen LogP contribution is -2.17. The maximum atomic E-state index is 6.10. The van der Waals surface area contributed by atoms with Crippen molar-refractivity contribution in [2.45, 2.75) is 19.4 Å². The summed E-state index contributed by atoms with van der Waals surface area (Å²) in [6, 6.07) is 16.2. The lowest BCUT2D eigenvalue weighted by molar-refractivity contribution is 0.407. The van der Waals surface area contributed by atoms with Crippen LogP contribution in [-0.2, 0) is 19.4 Å². The second kappa shape index (κ2) is 7.52. The third kappa shape index (κ3) is 3.35. The molecule has 0 saturated heterocycles. The normalized spacial score (nSPS) is 13.9. The molecule has 1 aromatic heterocycles. The molecule has 4 nitrogen and oxygen atoms in total. The van der Waals surface area contributed by atoms with Gasteiger partial charge in [-0.05, 0) is 31.2 Å². The molecule has 0 unspecified atom stereocenters. The molecular formula is C21H22ClN3O. The predicted molar refractivity (Wildman–Crippen MR) is 105 cm³/mol. The SMILES string of the molecule is COc1ccccc1Cn1nc2c(c1-c1ccc(Cl)cc1)CCNCC2. The van der Waals surface area contributed by atoms with Crippen molar-refractivity contribution < 1.29 is 4.74 Å². The first-order valence-corrected chi connectivity index (χ1v) is 9.31. The van der Waals surface area contributed by atoms with Gasteiger partial charge >= 0.3 is 0 Å². The van der Waals surface area contributed by atoms with Gasteiger partial charge in [0.15, 0.2) is 0 Å². The van der Waals surface area contributed by atoms with Gasteiger partial charge in [-0.3, -0.25) is 4.68 Å². The fourth-order valence-electron chi connectivity index (χ4n) is 3.60. The van der Waals surface area contributed by atoms with E-state index in [2.05, 4.69) is 28.2 Å². The van der Waals surface area contributed by atoms with Gasteiger partial charge in [-0.1, -0.05) is 41.9 Å². The summed E-state index contributed by atoms with van der Waals surface area (Å²) in [5.74, 6) is 0.891. The number of nitrogens with zero attached hydrogens (tertiary/aromatic N) is 2. The highest BCUT2D eigenvalue weighted by Gasteiger charge is 2.21. The zero-order valence-corrected chi connectivity index (χ0v) is 15.6. The Morgan fingerprint density at radius 3 is 2.65 bits per heavy atom. The number of para-hydroxylation sites is 1. The van der Waals surface area contributed by atoms with Crippen LogP contribution in [0.1, 0.15) is 16.8 Å². The summed E-state index contributed by atoms with van der Waals surface area (Å²) >= 11 is 6.10. The van der Waals surface area contributed by atoms with E-state index in [0.29, 0.717) is 6.54 Å². The molecule has 1 aliphatic heterocycles. The van der Waals surface area contributed by atoms with Gasteiger partial charge in [0.2, 0.25) is 0 Å². The fourth-order valence-corrected chi connectivity index (χ4v) is 3.72. The predicted octanol–water partition coefficient (Wildman–Crippen LogP) is 3.95. The van der Waals surface area contributed by atoms with Crippen molar-refractivity contribution in [1.29, 1.82) is 0 Å². The number of benzene rings is 2. The van der Waals surface area contributed by atoms with Gasteiger partial charge in [0, 0.05) is 34.7 Å². The van der Waals surface area contributed by atoms with Gasteiger partial charge in [0.1, 0.15) is 5.75 Å². The Kier molecular flexibility index (Phi) is 4.96. The van der Waals surface area contributed by atoms with Crippen LogP contribution in [0.3, 0.4) is 0 Å². The average Bonchev–Trinajstić information content (AvgIpc) is 2.84. The molecule has 0 bridgehead atoms. The third-order valence-electron chi connectivity index (χ3n) is 4.85. The highest BCUT2D eigenvalue weighted by atomic mass is 35.5. The number of hydrogen-bond donors (Lipinski definition) is 1. The number of halogens is 1. The van der Waals surface area contributed by atoms with Crippen LogP contribution in [-0.4, -0.2) is 30.0 Å². The molecule has 2 aromatic carbocycles. The highest BCUT2D eigenvalue weighted by Crippen LogP contribution is 2.31. The van der Waals surface area contributed by atoms with E-state index in [0.717, 1.165) is 47.8 Å². The van der Waals surface area contributed by atoms with Crippen LogP contribution < -0.4 is 10.1 Å². The molecular weight excluding hydrogens is 346 g/mol. The van der Waals surface area contributed by atoms with E-state index in [1.54, 1.807) is 7.11 Å². The van der Waals surface area contributed by atoms with E-state index in [1.807, 2.05) is 30.3 Å². The van der Waals surface area contributed by atoms with Crippen LogP contribution >= 0.6 is 11.6 Å². The molecule has 26 heavy (non-hydrogen) atoms. The van der Waals surface area contributed by atoms with E-state index < -0.39 is 0 Å². The van der Waals surface area contributed by atoms with Crippen molar-refractivity contribution in [3.63, 3.8) is 0 Å². The Morgan fingerprint density at radius 1 is 1.08 bits per heavy atom. The monoisotopic (exact) mass is 367 g/mol. The van der Waals surface area contributed by atoms with Gasteiger partial charge in [0.25, 0.3) is 0 Å². The largest absolute Gasteiger partial charge is 0.496 e. The van der Waals surface area contributed by atoms with Crippen LogP contribution in [0.25, 0.3) is 11.3 Å². The summed E-state index contributed by atoms with van der Waals surface area (Å²) in [5.41, 5.74) is 5.99. The molecule has 2 heterocycles. The highest BCUT2D eigenvalue weighted by molar-refractivity contribution is 6.30. The van der Waals surface area contributed by atoms with Crippen molar-refractivity contribution in [2.24, 2.45) is 0 Å². The molecule has 0 spiro atoms. The van der Waals surface area contributed by atoms with Crippen molar-refractivity contribution in [3.8, 4) is 17.0 Å². The van der Waals surface area contributed by atoms with Crippen molar-refractivity contribution in [3.05, 3.63) is 70.4 Å². The number of aromatic nitrogens is 2. The number of methoxy groups -OCH3 is 1. The van der Waals surface area contributed by atoms with Gasteiger partial charge in [-0.15, -0.1) is 0 Å². The summed E-state index contributed by atoms with van der Waals surface area (Å²) in [6.45, 7) is 2.63. The Labute approximate surface area is 158 Å². The zero-order chi connectivity index (χ0) is 17.9. The molecule has 0 aliphatic carbocycles. The first-order valence-electron chi connectivity index (χ1n) is 8.93. The molecule has 0 saturated carbocycles. The second-order valence-electron chi connectivity index (χ2n) is 6.50. The Bertz CT molecular complexity index is 902. The van der Waals surface area contributed by atoms with Crippen molar-refractivity contribution in [1.82, 2.24) is 15.1 Å². The summed E-state index contributed by atoms with van der Waals surface area (Å²) in [5, 5.41) is 9.18. The first kappa shape index (κ1) is 17.1. The van der Waals surface area contributed by atoms with Gasteiger partial charge < -0.3 is 10.1 Å². The van der Waals surface area contributed by atoms with E-state index in [9.17, 15) is 0 Å². The van der Waals surface area contributed by atoms with Gasteiger partial charge in [-0.25, -0.2) is 0 Å². The van der Waals surface area contributed by atoms with Gasteiger partial charge in [0.05, 0.1) is 25.0 Å². The van der Waals surface area contributed by atoms with E-state index in [1.165, 1.54) is 17.0 Å². The molecule has 0 amide bonds. The molecule has 134 valence electrons. The zero-order valence-electron chi connectivity index (χ0n) is 14.8. The molecule has 0 fully saturated rings. The van der Waals surface area contributed by atoms with Crippen LogP contribution in [0, 0.1) is 0 Å². The van der Waals surface area contributed by atoms with Crippen LogP contribution in [0.15, 0.2) is 48.5 Å². The number of hydrogen-bond acceptors (Lipinski definition) is 3. The topological polar surface area (TPSA) is 39.1 Å². The molecule has 5 heteroatoms. The van der Waals surface area contributed by atoms with E-state index >= 15 is 0 Å². The Morgan fingerprint density at radius 2 is 1.85 bits per heavy atom. The average molecular weight is 368 g/mol. The molecule has 3 aromatic rings. The lowest BCUT2D eigenvalue weighted by Gasteiger charge is -2.13. The number of ether oxygens (including phenoxy) is 1. The minimum absolute atomic E-state index is 0.683. The fraction of sp³-hybridized carbons (Fsp3) is 0.286. The van der Waals surface area contributed by atoms with E-state index in [4.69, 9.17) is 21.4 Å². The summed E-state index contributed by atoms with van der Waals surface area (Å²) in [6.07, 6.45) is 1.94. The number of fused-ring (bicyclic) bond motifs is 1. The quantitative estimate of drug-likeness (QED) is 0.759. The first-order chi connectivity index (χ1) is 12.8. The standard InChI is InChI=1S/C21H22ClN3O/c1-26-20-5-3-2-4-16(20)14-25-21(15-6-8-17(22)9-7-15)18-10-12-23-13-11-19(18)24-25/h2-9,23H,10-14H2,1H3. The number of rotatable bonds is 4. The minimum Gasteiger partial charge on any atom is -0.496 e. The lowest BCUT2D eigenvalue weighted by atomic mass is 10.0. The molecule has 1 aliphatic rings. The third-order valence-corrected chi connectivity index (χ3v) is 5.11. The molecule has 1 N–H and O–H groups in total. The van der Waals surface area contributed by atoms with Crippen LogP contribution in [0.2, 0.25) is 5.02 Å². The maximum absolute atomic E-state index is 6.10. The molecule has 0 radical (unpaired) electrons. The van der Waals surface area contributed by atoms with Crippen LogP contribution in [0.4, 0.5) is 0 Å². The second-order valence-corrected chi connectivity index (χ2v) is 6.94. The number of nitrogens with one attached hydrogen (secondary N) is 1. The van der Waals surface area contributed by atoms with Crippen LogP contribution in [0.5, 0.6) is 5.75 Å². The molecule has 4 rings (SSSR count). The Hall–Kier alpha value is -2.30. The summed E-state index contributed by atoms with van der Waals surface area (Å²) in [7, 11) is 1.71. The van der Waals surface area contributed by atoms with Crippen molar-refractivity contribution in [2.75, 3.05) is 20.2 Å². The minimum atomic E-state index is 0.683. The van der Waals surface area contributed by atoms with Crippen molar-refractivity contribution >= 4 is 11.6 Å². The summed E-state index contributed by atoms with van der Waals surface area (Å²) < 4.78 is 7.65. The maximum Gasteiger partial charge on any atom is 0.123 e. The summed E-state index contributed by atoms with van der Waals surface area (Å²) in [4.78, 5) is 0.